The molecule has 0 aliphatic rings. The minimum Gasteiger partial charge on any atom is -0.397 e. The van der Waals surface area contributed by atoms with Gasteiger partial charge < -0.3 is 11.1 Å². The molecule has 0 atom stereocenters. The van der Waals surface area contributed by atoms with Gasteiger partial charge >= 0.3 is 0 Å². The molecule has 0 spiro atoms. The second-order valence-electron chi connectivity index (χ2n) is 2.08. The molecular formula is C7H8BrFN2. The molecule has 60 valence electrons. The van der Waals surface area contributed by atoms with Gasteiger partial charge in [0.2, 0.25) is 0 Å². The van der Waals surface area contributed by atoms with Crippen LogP contribution in [0.15, 0.2) is 16.6 Å². The van der Waals surface area contributed by atoms with Crippen LogP contribution in [0.3, 0.4) is 0 Å². The van der Waals surface area contributed by atoms with Crippen molar-refractivity contribution < 1.29 is 4.39 Å². The Morgan fingerprint density at radius 3 is 2.64 bits per heavy atom. The highest BCUT2D eigenvalue weighted by atomic mass is 79.9. The predicted octanol–water partition coefficient (Wildman–Crippen LogP) is 2.21. The van der Waals surface area contributed by atoms with E-state index in [1.54, 1.807) is 7.05 Å². The molecule has 0 radical (unpaired) electrons. The number of nitrogens with two attached hydrogens (primary N) is 1. The summed E-state index contributed by atoms with van der Waals surface area (Å²) in [6.45, 7) is 0. The van der Waals surface area contributed by atoms with Gasteiger partial charge in [-0.1, -0.05) is 0 Å². The summed E-state index contributed by atoms with van der Waals surface area (Å²) in [5.74, 6) is -0.316. The largest absolute Gasteiger partial charge is 0.397 e. The summed E-state index contributed by atoms with van der Waals surface area (Å²) in [5, 5.41) is 2.79. The lowest BCUT2D eigenvalue weighted by Gasteiger charge is -2.06. The van der Waals surface area contributed by atoms with Gasteiger partial charge in [-0.25, -0.2) is 4.39 Å². The maximum atomic E-state index is 12.8. The maximum absolute atomic E-state index is 12.8. The Bertz CT molecular complexity index is 275. The van der Waals surface area contributed by atoms with Gasteiger partial charge in [-0.05, 0) is 28.1 Å². The van der Waals surface area contributed by atoms with Gasteiger partial charge in [0.15, 0.2) is 0 Å². The molecule has 11 heavy (non-hydrogen) atoms. The normalized spacial score (nSPS) is 9.73. The molecule has 4 heteroatoms. The van der Waals surface area contributed by atoms with Crippen molar-refractivity contribution in [3.63, 3.8) is 0 Å². The van der Waals surface area contributed by atoms with E-state index in [0.717, 1.165) is 0 Å². The van der Waals surface area contributed by atoms with Gasteiger partial charge in [0.25, 0.3) is 0 Å². The standard InChI is InChI=1S/C7H8BrFN2/c1-11-7-5(10)3-2-4(9)6(7)8/h2-3,11H,10H2,1H3. The number of nitrogen functional groups attached to an aromatic ring is 1. The summed E-state index contributed by atoms with van der Waals surface area (Å²) in [7, 11) is 1.69. The second-order valence-corrected chi connectivity index (χ2v) is 2.87. The van der Waals surface area contributed by atoms with Crippen molar-refractivity contribution in [3.8, 4) is 0 Å². The first-order chi connectivity index (χ1) is 5.16. The van der Waals surface area contributed by atoms with E-state index in [4.69, 9.17) is 5.73 Å². The average Bonchev–Trinajstić information content (AvgIpc) is 1.99. The summed E-state index contributed by atoms with van der Waals surface area (Å²) in [5.41, 5.74) is 6.66. The SMILES string of the molecule is CNc1c(N)ccc(F)c1Br. The van der Waals surface area contributed by atoms with E-state index in [-0.39, 0.29) is 5.82 Å². The van der Waals surface area contributed by atoms with Crippen LogP contribution >= 0.6 is 15.9 Å². The smallest absolute Gasteiger partial charge is 0.139 e. The van der Waals surface area contributed by atoms with Crippen molar-refractivity contribution in [3.05, 3.63) is 22.4 Å². The van der Waals surface area contributed by atoms with Crippen LogP contribution in [0.4, 0.5) is 15.8 Å². The quantitative estimate of drug-likeness (QED) is 0.710. The van der Waals surface area contributed by atoms with Crippen LogP contribution < -0.4 is 11.1 Å². The predicted molar refractivity (Wildman–Crippen MR) is 48.1 cm³/mol. The van der Waals surface area contributed by atoms with Gasteiger partial charge in [0.1, 0.15) is 5.82 Å². The minimum atomic E-state index is -0.316. The summed E-state index contributed by atoms with van der Waals surface area (Å²) >= 11 is 3.07. The molecule has 1 aromatic carbocycles. The van der Waals surface area contributed by atoms with Crippen LogP contribution in [0.25, 0.3) is 0 Å². The fourth-order valence-electron chi connectivity index (χ4n) is 0.820. The molecule has 0 aliphatic heterocycles. The van der Waals surface area contributed by atoms with Gasteiger partial charge in [0, 0.05) is 7.05 Å². The van der Waals surface area contributed by atoms with E-state index in [1.807, 2.05) is 0 Å². The third-order valence-electron chi connectivity index (χ3n) is 1.38. The Morgan fingerprint density at radius 1 is 1.55 bits per heavy atom. The maximum Gasteiger partial charge on any atom is 0.139 e. The Kier molecular flexibility index (Phi) is 2.34. The lowest BCUT2D eigenvalue weighted by molar-refractivity contribution is 0.622. The van der Waals surface area contributed by atoms with Crippen molar-refractivity contribution >= 4 is 27.3 Å². The number of halogens is 2. The summed E-state index contributed by atoms with van der Waals surface area (Å²) in [4.78, 5) is 0. The number of nitrogens with one attached hydrogen (secondary N) is 1. The van der Waals surface area contributed by atoms with Gasteiger partial charge in [-0.3, -0.25) is 0 Å². The fourth-order valence-corrected chi connectivity index (χ4v) is 1.38. The van der Waals surface area contributed by atoms with E-state index >= 15 is 0 Å². The number of hydrogen-bond acceptors (Lipinski definition) is 2. The molecule has 0 bridgehead atoms. The topological polar surface area (TPSA) is 38.0 Å². The molecule has 1 rings (SSSR count). The van der Waals surface area contributed by atoms with Crippen LogP contribution in [-0.2, 0) is 0 Å². The molecular weight excluding hydrogens is 211 g/mol. The third-order valence-corrected chi connectivity index (χ3v) is 2.15. The summed E-state index contributed by atoms with van der Waals surface area (Å²) < 4.78 is 13.2. The number of rotatable bonds is 1. The van der Waals surface area contributed by atoms with Crippen LogP contribution in [0.5, 0.6) is 0 Å². The molecule has 0 amide bonds. The third kappa shape index (κ3) is 1.45. The van der Waals surface area contributed by atoms with E-state index < -0.39 is 0 Å². The van der Waals surface area contributed by atoms with Crippen LogP contribution in [0, 0.1) is 5.82 Å². The van der Waals surface area contributed by atoms with Crippen LogP contribution in [0.2, 0.25) is 0 Å². The van der Waals surface area contributed by atoms with E-state index in [9.17, 15) is 4.39 Å². The number of hydrogen-bond donors (Lipinski definition) is 2. The lowest BCUT2D eigenvalue weighted by Crippen LogP contribution is -1.97. The molecule has 2 nitrogen and oxygen atoms in total. The van der Waals surface area contributed by atoms with Crippen molar-refractivity contribution in [2.75, 3.05) is 18.1 Å². The summed E-state index contributed by atoms with van der Waals surface area (Å²) in [6.07, 6.45) is 0. The molecule has 3 N–H and O–H groups in total. The zero-order chi connectivity index (χ0) is 8.43. The van der Waals surface area contributed by atoms with Crippen LogP contribution in [-0.4, -0.2) is 7.05 Å². The Labute approximate surface area is 72.7 Å². The van der Waals surface area contributed by atoms with Crippen molar-refractivity contribution in [2.24, 2.45) is 0 Å². The molecule has 0 aromatic heterocycles. The van der Waals surface area contributed by atoms with Gasteiger partial charge in [-0.15, -0.1) is 0 Å². The van der Waals surface area contributed by atoms with Crippen LogP contribution in [0.1, 0.15) is 0 Å². The van der Waals surface area contributed by atoms with Crippen molar-refractivity contribution in [1.82, 2.24) is 0 Å². The summed E-state index contributed by atoms with van der Waals surface area (Å²) in [6, 6.07) is 2.84. The average molecular weight is 219 g/mol. The van der Waals surface area contributed by atoms with E-state index in [1.165, 1.54) is 12.1 Å². The Morgan fingerprint density at radius 2 is 2.18 bits per heavy atom. The molecule has 0 unspecified atom stereocenters. The first-order valence-corrected chi connectivity index (χ1v) is 3.87. The molecule has 1 aromatic rings. The van der Waals surface area contributed by atoms with Gasteiger partial charge in [0.05, 0.1) is 15.8 Å². The van der Waals surface area contributed by atoms with Gasteiger partial charge in [-0.2, -0.15) is 0 Å². The lowest BCUT2D eigenvalue weighted by atomic mass is 10.2. The highest BCUT2D eigenvalue weighted by Gasteiger charge is 2.06. The molecule has 0 heterocycles. The number of benzene rings is 1. The first-order valence-electron chi connectivity index (χ1n) is 3.08. The Balaban J connectivity index is 3.29. The monoisotopic (exact) mass is 218 g/mol. The zero-order valence-electron chi connectivity index (χ0n) is 5.99. The first kappa shape index (κ1) is 8.33. The Hall–Kier alpha value is -0.770. The second kappa shape index (κ2) is 3.09. The molecule has 0 aliphatic carbocycles. The highest BCUT2D eigenvalue weighted by Crippen LogP contribution is 2.30. The molecule has 0 saturated heterocycles. The number of anilines is 2. The molecule has 0 saturated carbocycles. The fraction of sp³-hybridized carbons (Fsp3) is 0.143. The van der Waals surface area contributed by atoms with Crippen molar-refractivity contribution in [2.45, 2.75) is 0 Å². The van der Waals surface area contributed by atoms with Crippen molar-refractivity contribution in [1.29, 1.82) is 0 Å². The van der Waals surface area contributed by atoms with E-state index in [2.05, 4.69) is 21.2 Å². The van der Waals surface area contributed by atoms with E-state index in [0.29, 0.717) is 15.8 Å². The highest BCUT2D eigenvalue weighted by molar-refractivity contribution is 9.10. The minimum absolute atomic E-state index is 0.316. The molecule has 0 fully saturated rings. The zero-order valence-corrected chi connectivity index (χ0v) is 7.57.